The quantitative estimate of drug-likeness (QED) is 0.892. The highest BCUT2D eigenvalue weighted by Gasteiger charge is 2.26. The van der Waals surface area contributed by atoms with E-state index in [0.717, 1.165) is 24.3 Å². The van der Waals surface area contributed by atoms with Gasteiger partial charge in [-0.15, -0.1) is 0 Å². The van der Waals surface area contributed by atoms with Crippen molar-refractivity contribution in [2.24, 2.45) is 0 Å². The Morgan fingerprint density at radius 1 is 1.19 bits per heavy atom. The predicted molar refractivity (Wildman–Crippen MR) is 101 cm³/mol. The van der Waals surface area contributed by atoms with Gasteiger partial charge in [0, 0.05) is 36.9 Å². The Balaban J connectivity index is 1.56. The number of benzene rings is 1. The second kappa shape index (κ2) is 7.83. The first-order chi connectivity index (χ1) is 12.5. The highest BCUT2D eigenvalue weighted by molar-refractivity contribution is 6.30. The molecule has 2 aromatic rings. The standard InChI is InChI=1S/C19H22ClN3O3/c1-13-3-4-16(20)11-17(13)22-6-8-23(9-7-22)19(25)14(2)21-18(24)15-5-10-26-12-15/h3-5,10-12,14H,6-9H2,1-2H3,(H,21,24). The number of piperazine rings is 1. The normalized spacial score (nSPS) is 15.7. The maximum Gasteiger partial charge on any atom is 0.255 e. The topological polar surface area (TPSA) is 65.8 Å². The zero-order valence-electron chi connectivity index (χ0n) is 14.9. The zero-order chi connectivity index (χ0) is 18.7. The number of aryl methyl sites for hydroxylation is 1. The van der Waals surface area contributed by atoms with Crippen LogP contribution in [0.3, 0.4) is 0 Å². The van der Waals surface area contributed by atoms with Gasteiger partial charge in [0.15, 0.2) is 0 Å². The van der Waals surface area contributed by atoms with E-state index in [1.165, 1.54) is 12.5 Å². The van der Waals surface area contributed by atoms with Gasteiger partial charge >= 0.3 is 0 Å². The fourth-order valence-electron chi connectivity index (χ4n) is 3.10. The van der Waals surface area contributed by atoms with Crippen LogP contribution in [0.4, 0.5) is 5.69 Å². The minimum absolute atomic E-state index is 0.0793. The van der Waals surface area contributed by atoms with Gasteiger partial charge in [-0.1, -0.05) is 17.7 Å². The van der Waals surface area contributed by atoms with Crippen LogP contribution >= 0.6 is 11.6 Å². The van der Waals surface area contributed by atoms with E-state index in [1.54, 1.807) is 17.9 Å². The van der Waals surface area contributed by atoms with Gasteiger partial charge in [0.25, 0.3) is 5.91 Å². The number of nitrogens with zero attached hydrogens (tertiary/aromatic N) is 2. The fraction of sp³-hybridized carbons (Fsp3) is 0.368. The molecule has 0 saturated carbocycles. The van der Waals surface area contributed by atoms with E-state index in [4.69, 9.17) is 16.0 Å². The Morgan fingerprint density at radius 3 is 2.58 bits per heavy atom. The van der Waals surface area contributed by atoms with E-state index < -0.39 is 6.04 Å². The maximum absolute atomic E-state index is 12.6. The Kier molecular flexibility index (Phi) is 5.52. The van der Waals surface area contributed by atoms with Crippen molar-refractivity contribution < 1.29 is 14.0 Å². The molecule has 2 heterocycles. The molecular weight excluding hydrogens is 354 g/mol. The molecule has 2 amide bonds. The molecule has 26 heavy (non-hydrogen) atoms. The van der Waals surface area contributed by atoms with Gasteiger partial charge in [-0.25, -0.2) is 0 Å². The summed E-state index contributed by atoms with van der Waals surface area (Å²) >= 11 is 6.11. The smallest absolute Gasteiger partial charge is 0.255 e. The van der Waals surface area contributed by atoms with Gasteiger partial charge in [0.2, 0.25) is 5.91 Å². The highest BCUT2D eigenvalue weighted by Crippen LogP contribution is 2.25. The number of halogens is 1. The van der Waals surface area contributed by atoms with Crippen LogP contribution in [0.2, 0.25) is 5.02 Å². The number of hydrogen-bond acceptors (Lipinski definition) is 4. The summed E-state index contributed by atoms with van der Waals surface area (Å²) in [5.41, 5.74) is 2.67. The Morgan fingerprint density at radius 2 is 1.92 bits per heavy atom. The van der Waals surface area contributed by atoms with Crippen LogP contribution in [0.5, 0.6) is 0 Å². The summed E-state index contributed by atoms with van der Waals surface area (Å²) in [5.74, 6) is -0.392. The summed E-state index contributed by atoms with van der Waals surface area (Å²) in [6.07, 6.45) is 2.79. The van der Waals surface area contributed by atoms with Crippen LogP contribution < -0.4 is 10.2 Å². The Hall–Kier alpha value is -2.47. The second-order valence-electron chi connectivity index (χ2n) is 6.45. The molecule has 138 valence electrons. The van der Waals surface area contributed by atoms with Crippen molar-refractivity contribution in [3.63, 3.8) is 0 Å². The van der Waals surface area contributed by atoms with Crippen LogP contribution in [0, 0.1) is 6.92 Å². The van der Waals surface area contributed by atoms with Gasteiger partial charge in [0.1, 0.15) is 12.3 Å². The molecule has 1 atom stereocenters. The first-order valence-corrected chi connectivity index (χ1v) is 8.96. The molecule has 0 bridgehead atoms. The molecule has 1 N–H and O–H groups in total. The SMILES string of the molecule is Cc1ccc(Cl)cc1N1CCN(C(=O)C(C)NC(=O)c2ccoc2)CC1. The number of carbonyl (C=O) groups is 2. The molecule has 0 radical (unpaired) electrons. The van der Waals surface area contributed by atoms with E-state index in [9.17, 15) is 9.59 Å². The lowest BCUT2D eigenvalue weighted by molar-refractivity contribution is -0.133. The van der Waals surface area contributed by atoms with Crippen molar-refractivity contribution in [2.75, 3.05) is 31.1 Å². The van der Waals surface area contributed by atoms with Gasteiger partial charge in [-0.05, 0) is 37.6 Å². The Bertz CT molecular complexity index is 783. The number of amides is 2. The third kappa shape index (κ3) is 4.02. The predicted octanol–water partition coefficient (Wildman–Crippen LogP) is 2.71. The zero-order valence-corrected chi connectivity index (χ0v) is 15.6. The lowest BCUT2D eigenvalue weighted by atomic mass is 10.1. The van der Waals surface area contributed by atoms with Gasteiger partial charge in [-0.2, -0.15) is 0 Å². The van der Waals surface area contributed by atoms with Gasteiger partial charge in [0.05, 0.1) is 11.8 Å². The third-order valence-corrected chi connectivity index (χ3v) is 4.84. The first kappa shape index (κ1) is 18.3. The number of furan rings is 1. The molecule has 1 aliphatic heterocycles. The van der Waals surface area contributed by atoms with E-state index in [2.05, 4.69) is 17.1 Å². The van der Waals surface area contributed by atoms with E-state index in [-0.39, 0.29) is 11.8 Å². The lowest BCUT2D eigenvalue weighted by Gasteiger charge is -2.37. The van der Waals surface area contributed by atoms with Gasteiger partial charge in [-0.3, -0.25) is 9.59 Å². The highest BCUT2D eigenvalue weighted by atomic mass is 35.5. The molecule has 3 rings (SSSR count). The van der Waals surface area contributed by atoms with E-state index in [1.807, 2.05) is 18.2 Å². The van der Waals surface area contributed by atoms with Crippen molar-refractivity contribution in [1.82, 2.24) is 10.2 Å². The number of nitrogens with one attached hydrogen (secondary N) is 1. The summed E-state index contributed by atoms with van der Waals surface area (Å²) in [6, 6.07) is 6.82. The molecule has 1 saturated heterocycles. The molecule has 1 unspecified atom stereocenters. The summed E-state index contributed by atoms with van der Waals surface area (Å²) in [7, 11) is 0. The fourth-order valence-corrected chi connectivity index (χ4v) is 3.27. The van der Waals surface area contributed by atoms with Crippen LogP contribution in [-0.4, -0.2) is 48.9 Å². The molecule has 1 aromatic heterocycles. The summed E-state index contributed by atoms with van der Waals surface area (Å²) < 4.78 is 4.89. The molecule has 1 aromatic carbocycles. The number of carbonyl (C=O) groups excluding carboxylic acids is 2. The molecule has 1 aliphatic rings. The number of anilines is 1. The molecule has 1 fully saturated rings. The molecule has 7 heteroatoms. The van der Waals surface area contributed by atoms with Gasteiger partial charge < -0.3 is 19.5 Å². The molecule has 6 nitrogen and oxygen atoms in total. The first-order valence-electron chi connectivity index (χ1n) is 8.58. The van der Waals surface area contributed by atoms with E-state index >= 15 is 0 Å². The molecular formula is C19H22ClN3O3. The molecule has 0 spiro atoms. The summed E-state index contributed by atoms with van der Waals surface area (Å²) in [6.45, 7) is 6.43. The number of rotatable bonds is 4. The van der Waals surface area contributed by atoms with Crippen LogP contribution in [0.1, 0.15) is 22.8 Å². The largest absolute Gasteiger partial charge is 0.472 e. The second-order valence-corrected chi connectivity index (χ2v) is 6.89. The minimum atomic E-state index is -0.586. The maximum atomic E-state index is 12.6. The Labute approximate surface area is 157 Å². The lowest BCUT2D eigenvalue weighted by Crippen LogP contribution is -2.54. The van der Waals surface area contributed by atoms with Crippen LogP contribution in [-0.2, 0) is 4.79 Å². The minimum Gasteiger partial charge on any atom is -0.472 e. The van der Waals surface area contributed by atoms with E-state index in [0.29, 0.717) is 23.7 Å². The van der Waals surface area contributed by atoms with Crippen molar-refractivity contribution in [2.45, 2.75) is 19.9 Å². The average molecular weight is 376 g/mol. The van der Waals surface area contributed by atoms with Crippen LogP contribution in [0.25, 0.3) is 0 Å². The van der Waals surface area contributed by atoms with Crippen molar-refractivity contribution in [1.29, 1.82) is 0 Å². The molecule has 0 aliphatic carbocycles. The van der Waals surface area contributed by atoms with Crippen molar-refractivity contribution in [3.05, 3.63) is 52.9 Å². The summed E-state index contributed by atoms with van der Waals surface area (Å²) in [5, 5.41) is 3.43. The van der Waals surface area contributed by atoms with Crippen LogP contribution in [0.15, 0.2) is 41.2 Å². The van der Waals surface area contributed by atoms with Crippen molar-refractivity contribution in [3.8, 4) is 0 Å². The monoisotopic (exact) mass is 375 g/mol. The average Bonchev–Trinajstić information content (AvgIpc) is 3.18. The third-order valence-electron chi connectivity index (χ3n) is 4.60. The summed E-state index contributed by atoms with van der Waals surface area (Å²) in [4.78, 5) is 28.7. The van der Waals surface area contributed by atoms with Crippen molar-refractivity contribution >= 4 is 29.1 Å². The number of hydrogen-bond donors (Lipinski definition) is 1.